The van der Waals surface area contributed by atoms with Gasteiger partial charge in [0.1, 0.15) is 5.82 Å². The molecule has 0 bridgehead atoms. The van der Waals surface area contributed by atoms with Crippen molar-refractivity contribution in [1.82, 2.24) is 14.8 Å². The molecule has 2 aromatic heterocycles. The molecule has 2 aromatic carbocycles. The molecule has 0 saturated carbocycles. The average molecular weight is 410 g/mol. The lowest BCUT2D eigenvalue weighted by Gasteiger charge is -2.07. The number of benzene rings is 2. The second kappa shape index (κ2) is 7.80. The minimum atomic E-state index is -0.385. The Morgan fingerprint density at radius 1 is 1.10 bits per heavy atom. The number of nitrogens with one attached hydrogen (secondary N) is 2. The number of carbonyl (C=O) groups excluding carboxylic acids is 1. The molecular formula is C20H15FN4O3S. The van der Waals surface area contributed by atoms with Gasteiger partial charge in [-0.15, -0.1) is 11.3 Å². The van der Waals surface area contributed by atoms with Crippen LogP contribution in [0.3, 0.4) is 0 Å². The molecule has 0 radical (unpaired) electrons. The van der Waals surface area contributed by atoms with Crippen LogP contribution in [0.2, 0.25) is 0 Å². The Morgan fingerprint density at radius 3 is 2.59 bits per heavy atom. The van der Waals surface area contributed by atoms with Gasteiger partial charge in [-0.2, -0.15) is 0 Å². The number of anilines is 1. The number of H-pyrrole nitrogens is 1. The van der Waals surface area contributed by atoms with Crippen molar-refractivity contribution in [3.63, 3.8) is 0 Å². The number of fused-ring (bicyclic) bond motifs is 1. The van der Waals surface area contributed by atoms with Gasteiger partial charge >= 0.3 is 0 Å². The van der Waals surface area contributed by atoms with Gasteiger partial charge < -0.3 is 5.32 Å². The lowest BCUT2D eigenvalue weighted by Crippen LogP contribution is -2.31. The molecule has 0 aliphatic carbocycles. The fourth-order valence-corrected chi connectivity index (χ4v) is 3.62. The van der Waals surface area contributed by atoms with Crippen LogP contribution >= 0.6 is 11.3 Å². The van der Waals surface area contributed by atoms with Gasteiger partial charge in [-0.05, 0) is 36.4 Å². The largest absolute Gasteiger partial charge is 0.302 e. The third kappa shape index (κ3) is 3.99. The van der Waals surface area contributed by atoms with Gasteiger partial charge in [0, 0.05) is 17.4 Å². The number of aromatic nitrogens is 3. The highest BCUT2D eigenvalue weighted by Crippen LogP contribution is 2.25. The van der Waals surface area contributed by atoms with E-state index in [2.05, 4.69) is 15.4 Å². The molecule has 7 nitrogen and oxygen atoms in total. The number of halogens is 1. The molecule has 0 aliphatic rings. The van der Waals surface area contributed by atoms with E-state index in [1.54, 1.807) is 41.8 Å². The summed E-state index contributed by atoms with van der Waals surface area (Å²) in [5.74, 6) is -0.676. The van der Waals surface area contributed by atoms with Crippen molar-refractivity contribution in [2.75, 3.05) is 5.32 Å². The maximum absolute atomic E-state index is 13.0. The minimum absolute atomic E-state index is 0.0142. The molecule has 9 heteroatoms. The van der Waals surface area contributed by atoms with Gasteiger partial charge in [0.25, 0.3) is 11.1 Å². The standard InChI is InChI=1S/C20H15FN4O3S/c21-13-7-5-12(6-8-13)16-11-29-20(22-16)23-17(26)9-10-25-19(28)15-4-2-1-3-14(15)18(27)24-25/h1-8,11H,9-10H2,(H,24,27)(H,22,23,26). The van der Waals surface area contributed by atoms with Crippen molar-refractivity contribution in [3.05, 3.63) is 80.4 Å². The molecule has 0 saturated heterocycles. The molecule has 0 atom stereocenters. The predicted molar refractivity (Wildman–Crippen MR) is 110 cm³/mol. The van der Waals surface area contributed by atoms with Gasteiger partial charge in [-0.3, -0.25) is 19.5 Å². The smallest absolute Gasteiger partial charge is 0.273 e. The Bertz CT molecular complexity index is 1310. The van der Waals surface area contributed by atoms with E-state index in [1.165, 1.54) is 23.5 Å². The number of hydrogen-bond donors (Lipinski definition) is 2. The zero-order chi connectivity index (χ0) is 20.4. The predicted octanol–water partition coefficient (Wildman–Crippen LogP) is 2.98. The van der Waals surface area contributed by atoms with E-state index in [-0.39, 0.29) is 35.8 Å². The van der Waals surface area contributed by atoms with Crippen LogP contribution in [-0.4, -0.2) is 20.7 Å². The molecule has 4 aromatic rings. The van der Waals surface area contributed by atoms with Crippen molar-refractivity contribution >= 4 is 33.1 Å². The zero-order valence-corrected chi connectivity index (χ0v) is 15.8. The zero-order valence-electron chi connectivity index (χ0n) is 15.0. The molecule has 29 heavy (non-hydrogen) atoms. The number of rotatable bonds is 5. The molecule has 2 heterocycles. The summed E-state index contributed by atoms with van der Waals surface area (Å²) in [6.07, 6.45) is -0.0142. The maximum Gasteiger partial charge on any atom is 0.273 e. The van der Waals surface area contributed by atoms with Crippen LogP contribution in [0.5, 0.6) is 0 Å². The highest BCUT2D eigenvalue weighted by atomic mass is 32.1. The van der Waals surface area contributed by atoms with Crippen molar-refractivity contribution < 1.29 is 9.18 Å². The number of thiazole rings is 1. The van der Waals surface area contributed by atoms with Gasteiger partial charge in [0.05, 0.1) is 23.0 Å². The van der Waals surface area contributed by atoms with E-state index in [0.29, 0.717) is 21.6 Å². The van der Waals surface area contributed by atoms with Crippen LogP contribution < -0.4 is 16.4 Å². The molecular weight excluding hydrogens is 395 g/mol. The van der Waals surface area contributed by atoms with E-state index < -0.39 is 0 Å². The number of nitrogens with zero attached hydrogens (tertiary/aromatic N) is 2. The number of hydrogen-bond acceptors (Lipinski definition) is 5. The van der Waals surface area contributed by atoms with Crippen LogP contribution in [0, 0.1) is 5.82 Å². The van der Waals surface area contributed by atoms with E-state index in [1.807, 2.05) is 0 Å². The van der Waals surface area contributed by atoms with E-state index in [0.717, 1.165) is 10.2 Å². The van der Waals surface area contributed by atoms with E-state index >= 15 is 0 Å². The van der Waals surface area contributed by atoms with Gasteiger partial charge in [-0.1, -0.05) is 12.1 Å². The molecule has 146 valence electrons. The van der Waals surface area contributed by atoms with Crippen molar-refractivity contribution in [1.29, 1.82) is 0 Å². The topological polar surface area (TPSA) is 96.9 Å². The molecule has 0 aliphatic heterocycles. The molecule has 0 spiro atoms. The maximum atomic E-state index is 13.0. The van der Waals surface area contributed by atoms with Crippen LogP contribution in [-0.2, 0) is 11.3 Å². The first kappa shape index (κ1) is 18.8. The van der Waals surface area contributed by atoms with E-state index in [9.17, 15) is 18.8 Å². The Morgan fingerprint density at radius 2 is 1.83 bits per heavy atom. The lowest BCUT2D eigenvalue weighted by atomic mass is 10.2. The summed E-state index contributed by atoms with van der Waals surface area (Å²) in [6, 6.07) is 12.4. The normalized spacial score (nSPS) is 10.9. The monoisotopic (exact) mass is 410 g/mol. The Labute approximate surface area is 167 Å². The summed E-state index contributed by atoms with van der Waals surface area (Å²) < 4.78 is 14.2. The Hall–Kier alpha value is -3.59. The third-order valence-electron chi connectivity index (χ3n) is 4.34. The number of carbonyl (C=O) groups is 1. The highest BCUT2D eigenvalue weighted by Gasteiger charge is 2.11. The van der Waals surface area contributed by atoms with Gasteiger partial charge in [0.15, 0.2) is 5.13 Å². The first-order chi connectivity index (χ1) is 14.0. The second-order valence-corrected chi connectivity index (χ2v) is 7.14. The summed E-state index contributed by atoms with van der Waals surface area (Å²) in [4.78, 5) is 41.1. The average Bonchev–Trinajstić information content (AvgIpc) is 3.18. The Balaban J connectivity index is 1.44. The minimum Gasteiger partial charge on any atom is -0.302 e. The summed E-state index contributed by atoms with van der Waals surface area (Å²) in [5, 5.41) is 7.94. The Kier molecular flexibility index (Phi) is 5.05. The summed E-state index contributed by atoms with van der Waals surface area (Å²) >= 11 is 1.24. The number of amides is 1. The third-order valence-corrected chi connectivity index (χ3v) is 5.09. The van der Waals surface area contributed by atoms with Crippen molar-refractivity contribution in [2.45, 2.75) is 13.0 Å². The molecule has 4 rings (SSSR count). The van der Waals surface area contributed by atoms with Crippen molar-refractivity contribution in [3.8, 4) is 11.3 Å². The number of aromatic amines is 1. The first-order valence-electron chi connectivity index (χ1n) is 8.74. The van der Waals surface area contributed by atoms with Gasteiger partial charge in [-0.25, -0.2) is 14.1 Å². The number of aryl methyl sites for hydroxylation is 1. The fraction of sp³-hybridized carbons (Fsp3) is 0.100. The summed E-state index contributed by atoms with van der Waals surface area (Å²) in [5.41, 5.74) is 0.620. The fourth-order valence-electron chi connectivity index (χ4n) is 2.88. The van der Waals surface area contributed by atoms with Crippen molar-refractivity contribution in [2.24, 2.45) is 0 Å². The van der Waals surface area contributed by atoms with Gasteiger partial charge in [0.2, 0.25) is 5.91 Å². The van der Waals surface area contributed by atoms with Crippen LogP contribution in [0.4, 0.5) is 9.52 Å². The quantitative estimate of drug-likeness (QED) is 0.529. The molecule has 2 N–H and O–H groups in total. The second-order valence-electron chi connectivity index (χ2n) is 6.29. The summed E-state index contributed by atoms with van der Waals surface area (Å²) in [7, 11) is 0. The SMILES string of the molecule is O=C(CCn1[nH]c(=O)c2ccccc2c1=O)Nc1nc(-c2ccc(F)cc2)cs1. The van der Waals surface area contributed by atoms with Crippen LogP contribution in [0.15, 0.2) is 63.5 Å². The summed E-state index contributed by atoms with van der Waals surface area (Å²) in [6.45, 7) is 0.0287. The molecule has 1 amide bonds. The van der Waals surface area contributed by atoms with E-state index in [4.69, 9.17) is 0 Å². The highest BCUT2D eigenvalue weighted by molar-refractivity contribution is 7.14. The van der Waals surface area contributed by atoms with Crippen LogP contribution in [0.1, 0.15) is 6.42 Å². The lowest BCUT2D eigenvalue weighted by molar-refractivity contribution is -0.116. The molecule has 0 fully saturated rings. The molecule has 0 unspecified atom stereocenters. The first-order valence-corrected chi connectivity index (χ1v) is 9.62. The van der Waals surface area contributed by atoms with Crippen LogP contribution in [0.25, 0.3) is 22.0 Å².